The van der Waals surface area contributed by atoms with E-state index in [4.69, 9.17) is 14.5 Å². The topological polar surface area (TPSA) is 97.8 Å². The number of carbonyl (C=O) groups is 2. The van der Waals surface area contributed by atoms with Crippen LogP contribution >= 0.6 is 0 Å². The van der Waals surface area contributed by atoms with E-state index in [0.717, 1.165) is 37.2 Å². The van der Waals surface area contributed by atoms with Crippen LogP contribution in [0.2, 0.25) is 0 Å². The second-order valence-corrected chi connectivity index (χ2v) is 9.41. The number of rotatable bonds is 5. The summed E-state index contributed by atoms with van der Waals surface area (Å²) in [5.41, 5.74) is 4.30. The van der Waals surface area contributed by atoms with Crippen molar-refractivity contribution in [3.05, 3.63) is 48.3 Å². The zero-order valence-corrected chi connectivity index (χ0v) is 20.7. The number of fused-ring (bicyclic) bond motifs is 1. The molecule has 0 aliphatic carbocycles. The minimum atomic E-state index is -0.228. The van der Waals surface area contributed by atoms with Gasteiger partial charge < -0.3 is 19.3 Å². The van der Waals surface area contributed by atoms with Gasteiger partial charge in [-0.3, -0.25) is 14.6 Å². The number of ether oxygens (including phenoxy) is 2. The van der Waals surface area contributed by atoms with Crippen LogP contribution in [0.4, 0.5) is 0 Å². The molecule has 36 heavy (non-hydrogen) atoms. The monoisotopic (exact) mass is 489 g/mol. The van der Waals surface area contributed by atoms with Crippen LogP contribution in [-0.2, 0) is 14.3 Å². The third-order valence-electron chi connectivity index (χ3n) is 7.03. The van der Waals surface area contributed by atoms with E-state index < -0.39 is 0 Å². The molecule has 0 N–H and O–H groups in total. The SMILES string of the molecule is CC(=O)N1CCC(c2ccc(-c3cc4nccnc4c(OC[C@@H]4CN(C(C)=O)CCO4)n3)cc2)CC1. The highest BCUT2D eigenvalue weighted by Gasteiger charge is 2.24. The van der Waals surface area contributed by atoms with Crippen molar-refractivity contribution in [3.63, 3.8) is 0 Å². The van der Waals surface area contributed by atoms with Crippen molar-refractivity contribution in [1.82, 2.24) is 24.8 Å². The molecule has 2 aromatic heterocycles. The third kappa shape index (κ3) is 5.31. The third-order valence-corrected chi connectivity index (χ3v) is 7.03. The molecule has 1 aromatic carbocycles. The molecule has 0 bridgehead atoms. The highest BCUT2D eigenvalue weighted by atomic mass is 16.5. The molecule has 5 rings (SSSR count). The number of aromatic nitrogens is 3. The molecule has 2 aliphatic rings. The number of benzene rings is 1. The van der Waals surface area contributed by atoms with Gasteiger partial charge in [-0.25, -0.2) is 9.97 Å². The van der Waals surface area contributed by atoms with Crippen LogP contribution in [0.25, 0.3) is 22.3 Å². The molecule has 0 radical (unpaired) electrons. The Morgan fingerprint density at radius 3 is 2.44 bits per heavy atom. The minimum Gasteiger partial charge on any atom is -0.473 e. The molecule has 2 amide bonds. The van der Waals surface area contributed by atoms with Gasteiger partial charge in [-0.05, 0) is 30.4 Å². The summed E-state index contributed by atoms with van der Waals surface area (Å²) in [7, 11) is 0. The van der Waals surface area contributed by atoms with Gasteiger partial charge in [0.1, 0.15) is 12.7 Å². The first kappa shape index (κ1) is 24.1. The van der Waals surface area contributed by atoms with E-state index >= 15 is 0 Å². The van der Waals surface area contributed by atoms with Gasteiger partial charge >= 0.3 is 0 Å². The average molecular weight is 490 g/mol. The summed E-state index contributed by atoms with van der Waals surface area (Å²) >= 11 is 0. The van der Waals surface area contributed by atoms with Gasteiger partial charge in [0.05, 0.1) is 24.4 Å². The van der Waals surface area contributed by atoms with Gasteiger partial charge in [0.2, 0.25) is 17.7 Å². The lowest BCUT2D eigenvalue weighted by atomic mass is 9.89. The lowest BCUT2D eigenvalue weighted by molar-refractivity contribution is -0.137. The van der Waals surface area contributed by atoms with E-state index in [2.05, 4.69) is 34.2 Å². The predicted octanol–water partition coefficient (Wildman–Crippen LogP) is 3.04. The fourth-order valence-electron chi connectivity index (χ4n) is 4.92. The van der Waals surface area contributed by atoms with E-state index in [-0.39, 0.29) is 24.5 Å². The van der Waals surface area contributed by atoms with Gasteiger partial charge in [-0.2, -0.15) is 0 Å². The maximum absolute atomic E-state index is 11.7. The van der Waals surface area contributed by atoms with Crippen LogP contribution in [0, 0.1) is 0 Å². The molecule has 188 valence electrons. The normalized spacial score (nSPS) is 18.9. The Morgan fingerprint density at radius 2 is 1.72 bits per heavy atom. The van der Waals surface area contributed by atoms with E-state index in [0.29, 0.717) is 42.5 Å². The number of carbonyl (C=O) groups excluding carboxylic acids is 2. The first-order chi connectivity index (χ1) is 17.5. The maximum Gasteiger partial charge on any atom is 0.242 e. The Bertz CT molecular complexity index is 1240. The molecular weight excluding hydrogens is 458 g/mol. The Kier molecular flexibility index (Phi) is 7.09. The molecule has 4 heterocycles. The van der Waals surface area contributed by atoms with Gasteiger partial charge in [0, 0.05) is 51.4 Å². The Labute approximate surface area is 210 Å². The lowest BCUT2D eigenvalue weighted by Gasteiger charge is -2.32. The van der Waals surface area contributed by atoms with Crippen molar-refractivity contribution in [3.8, 4) is 17.1 Å². The summed E-state index contributed by atoms with van der Waals surface area (Å²) in [6.45, 7) is 6.66. The number of amides is 2. The second-order valence-electron chi connectivity index (χ2n) is 9.41. The van der Waals surface area contributed by atoms with E-state index in [1.54, 1.807) is 31.1 Å². The molecule has 2 saturated heterocycles. The highest BCUT2D eigenvalue weighted by Crippen LogP contribution is 2.31. The zero-order valence-electron chi connectivity index (χ0n) is 20.7. The van der Waals surface area contributed by atoms with Gasteiger partial charge in [-0.1, -0.05) is 24.3 Å². The molecular formula is C27H31N5O4. The molecule has 3 aromatic rings. The molecule has 2 aliphatic heterocycles. The predicted molar refractivity (Wildman–Crippen MR) is 134 cm³/mol. The lowest BCUT2D eigenvalue weighted by Crippen LogP contribution is -2.46. The van der Waals surface area contributed by atoms with Crippen LogP contribution in [0.1, 0.15) is 38.2 Å². The van der Waals surface area contributed by atoms with Crippen molar-refractivity contribution in [2.75, 3.05) is 39.4 Å². The number of hydrogen-bond acceptors (Lipinski definition) is 7. The van der Waals surface area contributed by atoms with Gasteiger partial charge in [0.25, 0.3) is 0 Å². The zero-order chi connectivity index (χ0) is 25.1. The summed E-state index contributed by atoms with van der Waals surface area (Å²) in [4.78, 5) is 40.7. The number of nitrogens with zero attached hydrogens (tertiary/aromatic N) is 5. The summed E-state index contributed by atoms with van der Waals surface area (Å²) in [5, 5.41) is 0. The molecule has 2 fully saturated rings. The smallest absolute Gasteiger partial charge is 0.242 e. The minimum absolute atomic E-state index is 0.0348. The number of likely N-dealkylation sites (tertiary alicyclic amines) is 1. The van der Waals surface area contributed by atoms with Crippen LogP contribution in [-0.4, -0.2) is 82.1 Å². The number of pyridine rings is 1. The van der Waals surface area contributed by atoms with Crippen LogP contribution < -0.4 is 4.74 Å². The molecule has 0 unspecified atom stereocenters. The van der Waals surface area contributed by atoms with Crippen molar-refractivity contribution in [2.45, 2.75) is 38.7 Å². The van der Waals surface area contributed by atoms with Crippen LogP contribution in [0.3, 0.4) is 0 Å². The summed E-state index contributed by atoms with van der Waals surface area (Å²) < 4.78 is 11.9. The van der Waals surface area contributed by atoms with Gasteiger partial charge in [0.15, 0.2) is 5.52 Å². The van der Waals surface area contributed by atoms with E-state index in [1.165, 1.54) is 5.56 Å². The summed E-state index contributed by atoms with van der Waals surface area (Å²) in [6.07, 6.45) is 5.00. The first-order valence-electron chi connectivity index (χ1n) is 12.5. The number of morpholine rings is 1. The molecule has 9 heteroatoms. The quantitative estimate of drug-likeness (QED) is 0.543. The number of hydrogen-bond donors (Lipinski definition) is 0. The fourth-order valence-corrected chi connectivity index (χ4v) is 4.92. The van der Waals surface area contributed by atoms with Crippen molar-refractivity contribution < 1.29 is 19.1 Å². The summed E-state index contributed by atoms with van der Waals surface area (Å²) in [5.74, 6) is 1.04. The fraction of sp³-hybridized carbons (Fsp3) is 0.444. The Morgan fingerprint density at radius 1 is 1.00 bits per heavy atom. The standard InChI is InChI=1S/C27H31N5O4/c1-18(33)31-11-7-21(8-12-31)20-3-5-22(6-4-20)24-15-25-26(29-10-9-28-25)27(30-24)36-17-23-16-32(19(2)34)13-14-35-23/h3-6,9-10,15,21,23H,7-8,11-14,16-17H2,1-2H3/t23-/m0/s1. The van der Waals surface area contributed by atoms with Crippen LogP contribution in [0.15, 0.2) is 42.7 Å². The van der Waals surface area contributed by atoms with E-state index in [9.17, 15) is 9.59 Å². The molecule has 0 saturated carbocycles. The largest absolute Gasteiger partial charge is 0.473 e. The van der Waals surface area contributed by atoms with E-state index in [1.807, 2.05) is 11.0 Å². The maximum atomic E-state index is 11.7. The van der Waals surface area contributed by atoms with Crippen LogP contribution in [0.5, 0.6) is 5.88 Å². The Hall–Kier alpha value is -3.59. The first-order valence-corrected chi connectivity index (χ1v) is 12.5. The van der Waals surface area contributed by atoms with Crippen molar-refractivity contribution in [2.24, 2.45) is 0 Å². The highest BCUT2D eigenvalue weighted by molar-refractivity contribution is 5.83. The Balaban J connectivity index is 1.33. The molecule has 0 spiro atoms. The van der Waals surface area contributed by atoms with Crippen molar-refractivity contribution in [1.29, 1.82) is 0 Å². The second kappa shape index (κ2) is 10.6. The number of piperidine rings is 1. The average Bonchev–Trinajstić information content (AvgIpc) is 2.92. The summed E-state index contributed by atoms with van der Waals surface area (Å²) in [6, 6.07) is 10.4. The van der Waals surface area contributed by atoms with Crippen molar-refractivity contribution >= 4 is 22.8 Å². The van der Waals surface area contributed by atoms with Gasteiger partial charge in [-0.15, -0.1) is 0 Å². The molecule has 9 nitrogen and oxygen atoms in total. The molecule has 1 atom stereocenters.